The first-order chi connectivity index (χ1) is 10.2. The lowest BCUT2D eigenvalue weighted by atomic mass is 10.1. The van der Waals surface area contributed by atoms with E-state index in [1.54, 1.807) is 0 Å². The summed E-state index contributed by atoms with van der Waals surface area (Å²) in [7, 11) is 1.94. The number of hydrogen-bond donors (Lipinski definition) is 1. The summed E-state index contributed by atoms with van der Waals surface area (Å²) >= 11 is 0. The predicted molar refractivity (Wildman–Crippen MR) is 77.4 cm³/mol. The highest BCUT2D eigenvalue weighted by Gasteiger charge is 2.21. The second-order valence-electron chi connectivity index (χ2n) is 5.71. The zero-order valence-corrected chi connectivity index (χ0v) is 12.6. The number of nitrogens with zero attached hydrogens (tertiary/aromatic N) is 5. The third-order valence-corrected chi connectivity index (χ3v) is 3.79. The van der Waals surface area contributed by atoms with Crippen LogP contribution in [-0.4, -0.2) is 44.0 Å². The van der Waals surface area contributed by atoms with Crippen molar-refractivity contribution in [3.63, 3.8) is 0 Å². The molecule has 1 saturated heterocycles. The van der Waals surface area contributed by atoms with Gasteiger partial charge in [0.05, 0.1) is 12.7 Å². The van der Waals surface area contributed by atoms with E-state index in [1.165, 1.54) is 18.4 Å². The number of aryl methyl sites for hydroxylation is 2. The molecule has 7 nitrogen and oxygen atoms in total. The maximum absolute atomic E-state index is 5.03. The number of likely N-dealkylation sites (tertiary alicyclic amines) is 1. The van der Waals surface area contributed by atoms with Crippen molar-refractivity contribution in [3.8, 4) is 0 Å². The molecule has 3 rings (SSSR count). The molecule has 2 aromatic rings. The second kappa shape index (κ2) is 6.36. The molecule has 0 aromatic carbocycles. The molecule has 2 aromatic heterocycles. The monoisotopic (exact) mass is 290 g/mol. The highest BCUT2D eigenvalue weighted by molar-refractivity contribution is 5.03. The lowest BCUT2D eigenvalue weighted by molar-refractivity contribution is 0.177. The Morgan fingerprint density at radius 1 is 1.48 bits per heavy atom. The summed E-state index contributed by atoms with van der Waals surface area (Å²) < 4.78 is 6.86. The molecule has 3 heterocycles. The summed E-state index contributed by atoms with van der Waals surface area (Å²) in [6, 6.07) is 0.506. The topological polar surface area (TPSA) is 72.0 Å². The molecule has 0 saturated carbocycles. The summed E-state index contributed by atoms with van der Waals surface area (Å²) in [5, 5.41) is 11.8. The zero-order valence-electron chi connectivity index (χ0n) is 12.6. The minimum absolute atomic E-state index is 0.506. The molecule has 1 aliphatic heterocycles. The lowest BCUT2D eigenvalue weighted by Crippen LogP contribution is -2.45. The summed E-state index contributed by atoms with van der Waals surface area (Å²) in [5.41, 5.74) is 1.23. The molecule has 0 spiro atoms. The fraction of sp³-hybridized carbons (Fsp3) is 0.643. The first-order valence-electron chi connectivity index (χ1n) is 7.41. The molecule has 0 radical (unpaired) electrons. The van der Waals surface area contributed by atoms with Crippen molar-refractivity contribution < 1.29 is 4.52 Å². The van der Waals surface area contributed by atoms with Crippen molar-refractivity contribution in [2.75, 3.05) is 13.1 Å². The average molecular weight is 290 g/mol. The minimum atomic E-state index is 0.506. The molecule has 1 atom stereocenters. The molecule has 7 heteroatoms. The minimum Gasteiger partial charge on any atom is -0.340 e. The number of nitrogens with one attached hydrogen (secondary N) is 1. The number of rotatable bonds is 5. The Morgan fingerprint density at radius 2 is 2.38 bits per heavy atom. The Bertz CT molecular complexity index is 578. The molecule has 114 valence electrons. The van der Waals surface area contributed by atoms with Crippen LogP contribution in [0.1, 0.15) is 30.1 Å². The van der Waals surface area contributed by atoms with Crippen molar-refractivity contribution >= 4 is 0 Å². The van der Waals surface area contributed by atoms with Crippen molar-refractivity contribution in [1.82, 2.24) is 30.1 Å². The smallest absolute Gasteiger partial charge is 0.223 e. The normalized spacial score (nSPS) is 20.0. The van der Waals surface area contributed by atoms with E-state index in [9.17, 15) is 0 Å². The zero-order chi connectivity index (χ0) is 14.7. The van der Waals surface area contributed by atoms with Gasteiger partial charge in [0.2, 0.25) is 5.89 Å². The van der Waals surface area contributed by atoms with Gasteiger partial charge >= 0.3 is 0 Å². The standard InChI is InChI=1S/C14H22N6O/c1-11-17-14(18-21-11)10-20-5-3-4-13(9-20)15-6-12-7-16-19(2)8-12/h7-8,13,15H,3-6,9-10H2,1-2H3. The molecule has 1 aliphatic rings. The van der Waals surface area contributed by atoms with E-state index in [4.69, 9.17) is 4.52 Å². The van der Waals surface area contributed by atoms with Crippen LogP contribution < -0.4 is 5.32 Å². The first-order valence-corrected chi connectivity index (χ1v) is 7.41. The Labute approximate surface area is 124 Å². The molecule has 0 bridgehead atoms. The van der Waals surface area contributed by atoms with Gasteiger partial charge in [-0.25, -0.2) is 0 Å². The van der Waals surface area contributed by atoms with Crippen LogP contribution in [-0.2, 0) is 20.1 Å². The van der Waals surface area contributed by atoms with Crippen LogP contribution in [0.3, 0.4) is 0 Å². The highest BCUT2D eigenvalue weighted by Crippen LogP contribution is 2.13. The summed E-state index contributed by atoms with van der Waals surface area (Å²) in [4.78, 5) is 6.66. The number of aromatic nitrogens is 4. The maximum Gasteiger partial charge on any atom is 0.223 e. The van der Waals surface area contributed by atoms with E-state index < -0.39 is 0 Å². The quantitative estimate of drug-likeness (QED) is 0.881. The van der Waals surface area contributed by atoms with Crippen LogP contribution in [0.25, 0.3) is 0 Å². The highest BCUT2D eigenvalue weighted by atomic mass is 16.5. The molecule has 0 amide bonds. The maximum atomic E-state index is 5.03. The van der Waals surface area contributed by atoms with E-state index in [0.717, 1.165) is 32.0 Å². The lowest BCUT2D eigenvalue weighted by Gasteiger charge is -2.32. The third kappa shape index (κ3) is 3.89. The van der Waals surface area contributed by atoms with Crippen molar-refractivity contribution in [1.29, 1.82) is 0 Å². The summed E-state index contributed by atoms with van der Waals surface area (Å²) in [5.74, 6) is 1.41. The van der Waals surface area contributed by atoms with Crippen LogP contribution in [0.2, 0.25) is 0 Å². The third-order valence-electron chi connectivity index (χ3n) is 3.79. The van der Waals surface area contributed by atoms with Gasteiger partial charge in [-0.2, -0.15) is 10.1 Å². The van der Waals surface area contributed by atoms with Crippen molar-refractivity contribution in [2.45, 2.75) is 38.9 Å². The van der Waals surface area contributed by atoms with Crippen molar-refractivity contribution in [2.24, 2.45) is 7.05 Å². The summed E-state index contributed by atoms with van der Waals surface area (Å²) in [6.07, 6.45) is 6.37. The average Bonchev–Trinajstić information content (AvgIpc) is 3.06. The van der Waals surface area contributed by atoms with Gasteiger partial charge < -0.3 is 9.84 Å². The number of hydrogen-bond acceptors (Lipinski definition) is 6. The van der Waals surface area contributed by atoms with Crippen molar-refractivity contribution in [3.05, 3.63) is 29.7 Å². The van der Waals surface area contributed by atoms with Crippen LogP contribution in [0, 0.1) is 6.92 Å². The Balaban J connectivity index is 1.48. The number of piperidine rings is 1. The molecule has 1 N–H and O–H groups in total. The Kier molecular flexibility index (Phi) is 4.31. The second-order valence-corrected chi connectivity index (χ2v) is 5.71. The fourth-order valence-electron chi connectivity index (χ4n) is 2.80. The summed E-state index contributed by atoms with van der Waals surface area (Å²) in [6.45, 7) is 5.58. The predicted octanol–water partition coefficient (Wildman–Crippen LogP) is 0.866. The fourth-order valence-corrected chi connectivity index (χ4v) is 2.80. The molecule has 0 aliphatic carbocycles. The SMILES string of the molecule is Cc1nc(CN2CCCC(NCc3cnn(C)c3)C2)no1. The van der Waals surface area contributed by atoms with Gasteiger partial charge in [-0.15, -0.1) is 0 Å². The Hall–Kier alpha value is -1.73. The van der Waals surface area contributed by atoms with Gasteiger partial charge in [-0.05, 0) is 19.4 Å². The van der Waals surface area contributed by atoms with Crippen LogP contribution >= 0.6 is 0 Å². The van der Waals surface area contributed by atoms with Gasteiger partial charge in [0.25, 0.3) is 0 Å². The van der Waals surface area contributed by atoms with Crippen LogP contribution in [0.5, 0.6) is 0 Å². The molecular formula is C14H22N6O. The molecular weight excluding hydrogens is 268 g/mol. The van der Waals surface area contributed by atoms with Gasteiger partial charge in [0.1, 0.15) is 0 Å². The molecule has 21 heavy (non-hydrogen) atoms. The van der Waals surface area contributed by atoms with Gasteiger partial charge in [0.15, 0.2) is 5.82 Å². The van der Waals surface area contributed by atoms with E-state index >= 15 is 0 Å². The molecule has 1 unspecified atom stereocenters. The van der Waals surface area contributed by atoms with E-state index in [-0.39, 0.29) is 0 Å². The van der Waals surface area contributed by atoms with E-state index in [0.29, 0.717) is 11.9 Å². The largest absolute Gasteiger partial charge is 0.340 e. The molecule has 1 fully saturated rings. The van der Waals surface area contributed by atoms with Crippen LogP contribution in [0.15, 0.2) is 16.9 Å². The van der Waals surface area contributed by atoms with Gasteiger partial charge in [-0.3, -0.25) is 9.58 Å². The van der Waals surface area contributed by atoms with Gasteiger partial charge in [0, 0.05) is 44.9 Å². The Morgan fingerprint density at radius 3 is 3.10 bits per heavy atom. The van der Waals surface area contributed by atoms with E-state index in [1.807, 2.05) is 24.9 Å². The van der Waals surface area contributed by atoms with Gasteiger partial charge in [-0.1, -0.05) is 5.16 Å². The van der Waals surface area contributed by atoms with Crippen LogP contribution in [0.4, 0.5) is 0 Å². The first kappa shape index (κ1) is 14.2. The van der Waals surface area contributed by atoms with E-state index in [2.05, 4.69) is 31.7 Å².